The van der Waals surface area contributed by atoms with Gasteiger partial charge in [0.25, 0.3) is 0 Å². The van der Waals surface area contributed by atoms with Gasteiger partial charge in [-0.15, -0.1) is 0 Å². The van der Waals surface area contributed by atoms with Crippen LogP contribution in [0.2, 0.25) is 10.0 Å². The summed E-state index contributed by atoms with van der Waals surface area (Å²) in [6, 6.07) is 4.05. The summed E-state index contributed by atoms with van der Waals surface area (Å²) < 4.78 is 11.7. The maximum Gasteiger partial charge on any atom is 0.246 e. The van der Waals surface area contributed by atoms with E-state index in [1.165, 1.54) is 6.42 Å². The zero-order valence-corrected chi connectivity index (χ0v) is 22.6. The molecule has 1 aliphatic carbocycles. The molecule has 3 fully saturated rings. The molecule has 3 aliphatic heterocycles. The molecule has 200 valence electrons. The second kappa shape index (κ2) is 10.2. The van der Waals surface area contributed by atoms with E-state index in [1.807, 2.05) is 12.2 Å². The van der Waals surface area contributed by atoms with Crippen LogP contribution in [0.5, 0.6) is 0 Å². The third-order valence-electron chi connectivity index (χ3n) is 8.21. The average molecular weight is 550 g/mol. The first-order chi connectivity index (χ1) is 17.7. The van der Waals surface area contributed by atoms with E-state index in [0.717, 1.165) is 25.7 Å². The number of ether oxygens (including phenoxy) is 2. The highest BCUT2D eigenvalue weighted by atomic mass is 35.5. The zero-order valence-electron chi connectivity index (χ0n) is 21.1. The summed E-state index contributed by atoms with van der Waals surface area (Å²) >= 11 is 12.2. The highest BCUT2D eigenvalue weighted by Crippen LogP contribution is 2.59. The first-order valence-electron chi connectivity index (χ1n) is 13.0. The molecule has 0 radical (unpaired) electrons. The second-order valence-corrected chi connectivity index (χ2v) is 11.5. The van der Waals surface area contributed by atoms with Crippen molar-refractivity contribution in [3.63, 3.8) is 0 Å². The Morgan fingerprint density at radius 3 is 2.59 bits per heavy atom. The maximum absolute atomic E-state index is 14.0. The second-order valence-electron chi connectivity index (χ2n) is 10.7. The van der Waals surface area contributed by atoms with Gasteiger partial charge in [0.2, 0.25) is 17.7 Å². The first-order valence-corrected chi connectivity index (χ1v) is 13.7. The fourth-order valence-electron chi connectivity index (χ4n) is 6.57. The number of amides is 3. The van der Waals surface area contributed by atoms with Crippen LogP contribution < -0.4 is 10.6 Å². The van der Waals surface area contributed by atoms with Crippen molar-refractivity contribution < 1.29 is 23.9 Å². The zero-order chi connectivity index (χ0) is 26.4. The fourth-order valence-corrected chi connectivity index (χ4v) is 6.87. The number of fused-ring (bicyclic) bond motifs is 1. The molecule has 1 aromatic carbocycles. The molecule has 1 aromatic rings. The molecule has 0 unspecified atom stereocenters. The van der Waals surface area contributed by atoms with Crippen LogP contribution >= 0.6 is 23.2 Å². The summed E-state index contributed by atoms with van der Waals surface area (Å²) in [6.45, 7) is 2.59. The third-order valence-corrected chi connectivity index (χ3v) is 8.95. The summed E-state index contributed by atoms with van der Waals surface area (Å²) in [5.41, 5.74) is -1.77. The van der Waals surface area contributed by atoms with Crippen LogP contribution in [0.15, 0.2) is 30.4 Å². The Labute approximate surface area is 227 Å². The van der Waals surface area contributed by atoms with Gasteiger partial charge in [-0.2, -0.15) is 0 Å². The molecule has 8 nitrogen and oxygen atoms in total. The number of hydrogen-bond acceptors (Lipinski definition) is 5. The van der Waals surface area contributed by atoms with Crippen LogP contribution in [0, 0.1) is 11.8 Å². The Morgan fingerprint density at radius 1 is 1.14 bits per heavy atom. The number of rotatable bonds is 8. The number of nitrogens with zero attached hydrogens (tertiary/aromatic N) is 1. The van der Waals surface area contributed by atoms with Gasteiger partial charge in [-0.3, -0.25) is 14.4 Å². The summed E-state index contributed by atoms with van der Waals surface area (Å²) in [6.07, 6.45) is 9.40. The van der Waals surface area contributed by atoms with E-state index in [0.29, 0.717) is 35.3 Å². The number of nitrogens with one attached hydrogen (secondary N) is 2. The van der Waals surface area contributed by atoms with Gasteiger partial charge in [0.15, 0.2) is 0 Å². The number of anilines is 1. The monoisotopic (exact) mass is 549 g/mol. The molecule has 2 bridgehead atoms. The Kier molecular flexibility index (Phi) is 7.31. The minimum Gasteiger partial charge on any atom is -0.385 e. The number of methoxy groups -OCH3 is 1. The molecule has 3 amide bonds. The predicted octanol–water partition coefficient (Wildman–Crippen LogP) is 3.96. The van der Waals surface area contributed by atoms with Gasteiger partial charge < -0.3 is 25.0 Å². The lowest BCUT2D eigenvalue weighted by Gasteiger charge is -2.34. The van der Waals surface area contributed by atoms with E-state index in [1.54, 1.807) is 37.1 Å². The van der Waals surface area contributed by atoms with E-state index < -0.39 is 29.1 Å². The van der Waals surface area contributed by atoms with Crippen molar-refractivity contribution in [1.29, 1.82) is 0 Å². The topological polar surface area (TPSA) is 97.0 Å². The van der Waals surface area contributed by atoms with Crippen LogP contribution in [-0.2, 0) is 23.9 Å². The number of hydrogen-bond donors (Lipinski definition) is 2. The largest absolute Gasteiger partial charge is 0.385 e. The summed E-state index contributed by atoms with van der Waals surface area (Å²) in [7, 11) is 1.60. The smallest absolute Gasteiger partial charge is 0.246 e. The SMILES string of the molecule is COCCCN1C(=O)[C@H]2[C@@H](C(=O)Nc3ccc(Cl)c(Cl)c3)[C@@]3(C)C=C[C@@]2(O3)[C@H]1C(=O)NC1CCCCC1. The van der Waals surface area contributed by atoms with Gasteiger partial charge in [-0.25, -0.2) is 0 Å². The van der Waals surface area contributed by atoms with Crippen molar-refractivity contribution in [3.05, 3.63) is 40.4 Å². The molecule has 3 heterocycles. The maximum atomic E-state index is 14.0. The van der Waals surface area contributed by atoms with Gasteiger partial charge in [0, 0.05) is 32.0 Å². The molecule has 2 saturated heterocycles. The lowest BCUT2D eigenvalue weighted by molar-refractivity contribution is -0.144. The third kappa shape index (κ3) is 4.56. The lowest BCUT2D eigenvalue weighted by atomic mass is 9.70. The lowest BCUT2D eigenvalue weighted by Crippen LogP contribution is -2.56. The van der Waals surface area contributed by atoms with Crippen LogP contribution in [-0.4, -0.2) is 66.2 Å². The quantitative estimate of drug-likeness (QED) is 0.378. The van der Waals surface area contributed by atoms with Crippen LogP contribution in [0.3, 0.4) is 0 Å². The molecular weight excluding hydrogens is 517 g/mol. The molecule has 37 heavy (non-hydrogen) atoms. The standard InChI is InChI=1S/C27H33Cl2N3O5/c1-26-11-12-27(37-26)21(20(26)23(33)31-17-9-10-18(28)19(29)15-17)25(35)32(13-6-14-36-2)22(27)24(34)30-16-7-4-3-5-8-16/h9-12,15-16,20-22H,3-8,13-14H2,1-2H3,(H,30,34)(H,31,33)/t20-,21+,22+,26+,27-/m0/s1. The number of halogens is 2. The predicted molar refractivity (Wildman–Crippen MR) is 140 cm³/mol. The van der Waals surface area contributed by atoms with Gasteiger partial charge >= 0.3 is 0 Å². The molecule has 1 saturated carbocycles. The van der Waals surface area contributed by atoms with E-state index in [-0.39, 0.29) is 23.8 Å². The molecule has 2 N–H and O–H groups in total. The molecule has 5 rings (SSSR count). The Morgan fingerprint density at radius 2 is 1.89 bits per heavy atom. The Balaban J connectivity index is 1.45. The fraction of sp³-hybridized carbons (Fsp3) is 0.593. The highest BCUT2D eigenvalue weighted by Gasteiger charge is 2.76. The Hall–Kier alpha value is -2.13. The summed E-state index contributed by atoms with van der Waals surface area (Å²) in [5, 5.41) is 6.76. The Bertz CT molecular complexity index is 1120. The van der Waals surface area contributed by atoms with E-state index >= 15 is 0 Å². The van der Waals surface area contributed by atoms with Crippen LogP contribution in [0.1, 0.15) is 45.4 Å². The molecule has 10 heteroatoms. The highest BCUT2D eigenvalue weighted by molar-refractivity contribution is 6.42. The van der Waals surface area contributed by atoms with Gasteiger partial charge in [0.05, 0.1) is 27.5 Å². The van der Waals surface area contributed by atoms with E-state index in [4.69, 9.17) is 32.7 Å². The molecular formula is C27H33Cl2N3O5. The van der Waals surface area contributed by atoms with Crippen LogP contribution in [0.4, 0.5) is 5.69 Å². The van der Waals surface area contributed by atoms with Gasteiger partial charge in [0.1, 0.15) is 11.6 Å². The summed E-state index contributed by atoms with van der Waals surface area (Å²) in [5.74, 6) is -2.48. The van der Waals surface area contributed by atoms with Crippen LogP contribution in [0.25, 0.3) is 0 Å². The van der Waals surface area contributed by atoms with Gasteiger partial charge in [-0.05, 0) is 44.4 Å². The molecule has 4 aliphatic rings. The van der Waals surface area contributed by atoms with Crippen molar-refractivity contribution in [2.24, 2.45) is 11.8 Å². The minimum absolute atomic E-state index is 0.0829. The van der Waals surface area contributed by atoms with Crippen molar-refractivity contribution in [2.75, 3.05) is 25.6 Å². The summed E-state index contributed by atoms with van der Waals surface area (Å²) in [4.78, 5) is 43.0. The van der Waals surface area contributed by atoms with E-state index in [9.17, 15) is 14.4 Å². The molecule has 5 atom stereocenters. The van der Waals surface area contributed by atoms with Crippen molar-refractivity contribution in [1.82, 2.24) is 10.2 Å². The normalized spacial score (nSPS) is 32.6. The minimum atomic E-state index is -1.21. The number of carbonyl (C=O) groups excluding carboxylic acids is 3. The van der Waals surface area contributed by atoms with E-state index in [2.05, 4.69) is 10.6 Å². The van der Waals surface area contributed by atoms with Crippen molar-refractivity contribution in [2.45, 2.75) is 68.7 Å². The first kappa shape index (κ1) is 26.5. The number of benzene rings is 1. The molecule has 0 aromatic heterocycles. The number of likely N-dealkylation sites (tertiary alicyclic amines) is 1. The van der Waals surface area contributed by atoms with Gasteiger partial charge in [-0.1, -0.05) is 54.6 Å². The van der Waals surface area contributed by atoms with Crippen molar-refractivity contribution >= 4 is 46.6 Å². The average Bonchev–Trinajstić information content (AvgIpc) is 3.43. The molecule has 1 spiro atoms. The number of carbonyl (C=O) groups is 3. The van der Waals surface area contributed by atoms with Crippen molar-refractivity contribution in [3.8, 4) is 0 Å².